The van der Waals surface area contributed by atoms with Crippen LogP contribution >= 0.6 is 0 Å². The third-order valence-corrected chi connectivity index (χ3v) is 2.88. The molecule has 0 bridgehead atoms. The van der Waals surface area contributed by atoms with Gasteiger partial charge in [-0.3, -0.25) is 19.7 Å². The third kappa shape index (κ3) is 4.26. The average molecular weight is 332 g/mol. The van der Waals surface area contributed by atoms with E-state index >= 15 is 0 Å². The van der Waals surface area contributed by atoms with Gasteiger partial charge in [-0.05, 0) is 37.3 Å². The minimum Gasteiger partial charge on any atom is -0.450 e. The number of furan rings is 1. The number of ether oxygens (including phenoxy) is 1. The number of esters is 1. The van der Waals surface area contributed by atoms with E-state index in [0.29, 0.717) is 11.3 Å². The molecule has 1 N–H and O–H groups in total. The number of hydrogen-bond acceptors (Lipinski definition) is 7. The maximum absolute atomic E-state index is 11.7. The number of carbonyl (C=O) groups is 3. The number of nitro groups is 1. The molecule has 0 aliphatic carbocycles. The van der Waals surface area contributed by atoms with Crippen LogP contribution in [0.5, 0.6) is 0 Å². The van der Waals surface area contributed by atoms with Gasteiger partial charge in [-0.25, -0.2) is 4.79 Å². The van der Waals surface area contributed by atoms with Gasteiger partial charge in [-0.1, -0.05) is 0 Å². The van der Waals surface area contributed by atoms with Crippen molar-refractivity contribution in [3.63, 3.8) is 0 Å². The van der Waals surface area contributed by atoms with Crippen LogP contribution in [0.1, 0.15) is 27.8 Å². The van der Waals surface area contributed by atoms with Crippen molar-refractivity contribution >= 4 is 29.2 Å². The van der Waals surface area contributed by atoms with E-state index in [9.17, 15) is 24.5 Å². The summed E-state index contributed by atoms with van der Waals surface area (Å²) in [6.07, 6.45) is 0. The normalized spacial score (nSPS) is 10.0. The Hall–Kier alpha value is -3.49. The Morgan fingerprint density at radius 2 is 1.83 bits per heavy atom. The second-order valence-corrected chi connectivity index (χ2v) is 4.65. The Labute approximate surface area is 135 Å². The van der Waals surface area contributed by atoms with Crippen molar-refractivity contribution in [3.05, 3.63) is 57.8 Å². The minimum atomic E-state index is -0.995. The second-order valence-electron chi connectivity index (χ2n) is 4.65. The molecule has 0 radical (unpaired) electrons. The lowest BCUT2D eigenvalue weighted by molar-refractivity contribution is -0.402. The predicted octanol–water partition coefficient (Wildman–Crippen LogP) is 2.19. The van der Waals surface area contributed by atoms with Gasteiger partial charge in [0.1, 0.15) is 4.92 Å². The summed E-state index contributed by atoms with van der Waals surface area (Å²) in [5.41, 5.74) is 0.925. The van der Waals surface area contributed by atoms with Crippen molar-refractivity contribution in [2.24, 2.45) is 0 Å². The van der Waals surface area contributed by atoms with Gasteiger partial charge in [0.15, 0.2) is 12.4 Å². The molecular weight excluding hydrogens is 320 g/mol. The quantitative estimate of drug-likeness (QED) is 0.371. The SMILES string of the molecule is CC(=O)c1ccc(NC(=O)COC(=O)c2ccc([N+](=O)[O-])o2)cc1. The molecule has 0 saturated heterocycles. The van der Waals surface area contributed by atoms with Crippen LogP contribution < -0.4 is 5.32 Å². The van der Waals surface area contributed by atoms with E-state index < -0.39 is 29.3 Å². The van der Waals surface area contributed by atoms with Crippen LogP contribution in [0.2, 0.25) is 0 Å². The molecule has 2 rings (SSSR count). The minimum absolute atomic E-state index is 0.102. The smallest absolute Gasteiger partial charge is 0.433 e. The first-order chi connectivity index (χ1) is 11.4. The molecule has 24 heavy (non-hydrogen) atoms. The Bertz CT molecular complexity index is 792. The van der Waals surface area contributed by atoms with Gasteiger partial charge in [0.05, 0.1) is 6.07 Å². The lowest BCUT2D eigenvalue weighted by Gasteiger charge is -2.06. The van der Waals surface area contributed by atoms with E-state index in [1.807, 2.05) is 0 Å². The molecule has 0 atom stereocenters. The first kappa shape index (κ1) is 16.9. The van der Waals surface area contributed by atoms with E-state index in [1.54, 1.807) is 12.1 Å². The highest BCUT2D eigenvalue weighted by atomic mass is 16.7. The largest absolute Gasteiger partial charge is 0.450 e. The summed E-state index contributed by atoms with van der Waals surface area (Å²) in [6, 6.07) is 8.25. The molecule has 9 heteroatoms. The van der Waals surface area contributed by atoms with Crippen LogP contribution in [0.4, 0.5) is 11.6 Å². The molecule has 0 saturated carbocycles. The summed E-state index contributed by atoms with van der Waals surface area (Å²) < 4.78 is 9.35. The molecule has 2 aromatic rings. The predicted molar refractivity (Wildman–Crippen MR) is 80.7 cm³/mol. The lowest BCUT2D eigenvalue weighted by Crippen LogP contribution is -2.20. The molecule has 0 fully saturated rings. The highest BCUT2D eigenvalue weighted by molar-refractivity contribution is 5.96. The molecule has 0 aliphatic rings. The fourth-order valence-electron chi connectivity index (χ4n) is 1.72. The van der Waals surface area contributed by atoms with Crippen molar-refractivity contribution < 1.29 is 28.5 Å². The zero-order valence-electron chi connectivity index (χ0n) is 12.5. The maximum Gasteiger partial charge on any atom is 0.433 e. The molecule has 1 aromatic heterocycles. The lowest BCUT2D eigenvalue weighted by atomic mass is 10.1. The standard InChI is InChI=1S/C15H12N2O7/c1-9(18)10-2-4-11(5-3-10)16-13(19)8-23-15(20)12-6-7-14(24-12)17(21)22/h2-7H,8H2,1H3,(H,16,19). The van der Waals surface area contributed by atoms with Crippen molar-refractivity contribution in [1.29, 1.82) is 0 Å². The van der Waals surface area contributed by atoms with Crippen LogP contribution in [0, 0.1) is 10.1 Å². The summed E-state index contributed by atoms with van der Waals surface area (Å²) >= 11 is 0. The second kappa shape index (κ2) is 7.18. The molecule has 0 unspecified atom stereocenters. The van der Waals surface area contributed by atoms with Gasteiger partial charge in [0, 0.05) is 11.3 Å². The summed E-state index contributed by atoms with van der Waals surface area (Å²) in [4.78, 5) is 44.1. The maximum atomic E-state index is 11.7. The summed E-state index contributed by atoms with van der Waals surface area (Å²) in [5.74, 6) is -2.68. The van der Waals surface area contributed by atoms with Gasteiger partial charge in [-0.15, -0.1) is 0 Å². The number of ketones is 1. The average Bonchev–Trinajstić information content (AvgIpc) is 3.03. The Kier molecular flexibility index (Phi) is 5.05. The first-order valence-electron chi connectivity index (χ1n) is 6.69. The number of carbonyl (C=O) groups excluding carboxylic acids is 3. The van der Waals surface area contributed by atoms with Crippen LogP contribution in [-0.4, -0.2) is 29.2 Å². The van der Waals surface area contributed by atoms with Gasteiger partial charge in [-0.2, -0.15) is 0 Å². The van der Waals surface area contributed by atoms with Crippen LogP contribution in [-0.2, 0) is 9.53 Å². The Balaban J connectivity index is 1.86. The molecule has 124 valence electrons. The van der Waals surface area contributed by atoms with Gasteiger partial charge in [0.2, 0.25) is 5.76 Å². The van der Waals surface area contributed by atoms with E-state index in [2.05, 4.69) is 9.73 Å². The van der Waals surface area contributed by atoms with E-state index in [4.69, 9.17) is 4.74 Å². The van der Waals surface area contributed by atoms with Crippen molar-refractivity contribution in [2.45, 2.75) is 6.92 Å². The number of rotatable bonds is 6. The van der Waals surface area contributed by atoms with Gasteiger partial charge in [0.25, 0.3) is 5.91 Å². The Morgan fingerprint density at radius 3 is 2.38 bits per heavy atom. The zero-order valence-corrected chi connectivity index (χ0v) is 12.5. The fraction of sp³-hybridized carbons (Fsp3) is 0.133. The van der Waals surface area contributed by atoms with E-state index in [-0.39, 0.29) is 11.5 Å². The number of hydrogen-bond donors (Lipinski definition) is 1. The van der Waals surface area contributed by atoms with Gasteiger partial charge >= 0.3 is 11.9 Å². The highest BCUT2D eigenvalue weighted by Crippen LogP contribution is 2.16. The summed E-state index contributed by atoms with van der Waals surface area (Å²) in [7, 11) is 0. The number of amides is 1. The summed E-state index contributed by atoms with van der Waals surface area (Å²) in [5, 5.41) is 12.9. The monoisotopic (exact) mass is 332 g/mol. The molecule has 1 aromatic carbocycles. The zero-order chi connectivity index (χ0) is 17.7. The number of Topliss-reactive ketones (excluding diaryl/α,β-unsaturated/α-hetero) is 1. The topological polar surface area (TPSA) is 129 Å². The van der Waals surface area contributed by atoms with Gasteiger partial charge < -0.3 is 14.5 Å². The fourth-order valence-corrected chi connectivity index (χ4v) is 1.72. The first-order valence-corrected chi connectivity index (χ1v) is 6.69. The number of benzene rings is 1. The molecule has 9 nitrogen and oxygen atoms in total. The number of anilines is 1. The molecular formula is C15H12N2O7. The highest BCUT2D eigenvalue weighted by Gasteiger charge is 2.19. The van der Waals surface area contributed by atoms with E-state index in [0.717, 1.165) is 12.1 Å². The van der Waals surface area contributed by atoms with Crippen LogP contribution in [0.3, 0.4) is 0 Å². The van der Waals surface area contributed by atoms with Crippen LogP contribution in [0.25, 0.3) is 0 Å². The number of nitrogens with one attached hydrogen (secondary N) is 1. The molecule has 1 amide bonds. The Morgan fingerprint density at radius 1 is 1.17 bits per heavy atom. The summed E-state index contributed by atoms with van der Waals surface area (Å²) in [6.45, 7) is 0.827. The third-order valence-electron chi connectivity index (χ3n) is 2.88. The van der Waals surface area contributed by atoms with E-state index in [1.165, 1.54) is 19.1 Å². The molecule has 0 spiro atoms. The van der Waals surface area contributed by atoms with Crippen molar-refractivity contribution in [2.75, 3.05) is 11.9 Å². The van der Waals surface area contributed by atoms with Crippen LogP contribution in [0.15, 0.2) is 40.8 Å². The van der Waals surface area contributed by atoms with Crippen molar-refractivity contribution in [3.8, 4) is 0 Å². The number of nitrogens with zero attached hydrogens (tertiary/aromatic N) is 1. The molecule has 0 aliphatic heterocycles. The van der Waals surface area contributed by atoms with Crippen molar-refractivity contribution in [1.82, 2.24) is 0 Å². The molecule has 1 heterocycles.